The summed E-state index contributed by atoms with van der Waals surface area (Å²) >= 11 is 0. The fraction of sp³-hybridized carbons (Fsp3) is 0. The van der Waals surface area contributed by atoms with E-state index < -0.39 is 0 Å². The zero-order chi connectivity index (χ0) is 0. The van der Waals surface area contributed by atoms with Crippen molar-refractivity contribution in [2.45, 2.75) is 0 Å². The molecule has 0 fully saturated rings. The third-order valence-corrected chi connectivity index (χ3v) is 0. The van der Waals surface area contributed by atoms with Gasteiger partial charge < -0.3 is 40.5 Å². The van der Waals surface area contributed by atoms with Crippen LogP contribution in [0, 0.1) is 0 Å². The molecule has 1 unspecified atom stereocenters. The predicted molar refractivity (Wildman–Crippen MR) is 56.5 cm³/mol. The van der Waals surface area contributed by atoms with Gasteiger partial charge in [-0.1, -0.05) is 0 Å². The van der Waals surface area contributed by atoms with E-state index in [0.29, 0.717) is 0 Å². The Kier molecular flexibility index (Phi) is 510. The van der Waals surface area contributed by atoms with Crippen LogP contribution in [0.3, 0.4) is 0 Å². The largest absolute Gasteiger partial charge is 3.00 e. The van der Waals surface area contributed by atoms with E-state index in [1.54, 1.807) is 0 Å². The van der Waals surface area contributed by atoms with Gasteiger partial charge in [-0.05, 0) is 0 Å². The second-order valence-corrected chi connectivity index (χ2v) is 0. The first-order valence-electron chi connectivity index (χ1n) is 0. The van der Waals surface area contributed by atoms with Crippen LogP contribution in [0.5, 0.6) is 0 Å². The van der Waals surface area contributed by atoms with Crippen LogP contribution in [0.4, 0.5) is 0 Å². The third kappa shape index (κ3) is 40.4. The van der Waals surface area contributed by atoms with Crippen LogP contribution in [-0.4, -0.2) is 66.2 Å². The SMILES string of the molecule is P.S.[Al+3].[Ba+2].[S-2].[S-2].[SH-]. The van der Waals surface area contributed by atoms with Crippen molar-refractivity contribution >= 4 is 130 Å². The molecule has 0 spiro atoms. The maximum Gasteiger partial charge on any atom is 3.00 e. The molecular formula is H6AlBaPS4. The molecule has 0 heterocycles. The second-order valence-electron chi connectivity index (χ2n) is 0. The van der Waals surface area contributed by atoms with E-state index in [2.05, 4.69) is 0 Å². The Morgan fingerprint density at radius 2 is 0.857 bits per heavy atom. The van der Waals surface area contributed by atoms with Gasteiger partial charge in [0.2, 0.25) is 0 Å². The Bertz CT molecular complexity index is 11.7. The van der Waals surface area contributed by atoms with Gasteiger partial charge in [-0.25, -0.2) is 0 Å². The van der Waals surface area contributed by atoms with Gasteiger partial charge in [-0.3, -0.25) is 0 Å². The molecule has 1 atom stereocenters. The molecule has 40 valence electrons. The molecule has 0 N–H and O–H groups in total. The van der Waals surface area contributed by atoms with Gasteiger partial charge in [0.1, 0.15) is 0 Å². The summed E-state index contributed by atoms with van der Waals surface area (Å²) in [5, 5.41) is 0. The summed E-state index contributed by atoms with van der Waals surface area (Å²) in [6, 6.07) is 0. The summed E-state index contributed by atoms with van der Waals surface area (Å²) in [5.41, 5.74) is 0. The van der Waals surface area contributed by atoms with Gasteiger partial charge >= 0.3 is 66.2 Å². The molecule has 0 saturated heterocycles. The van der Waals surface area contributed by atoms with E-state index in [9.17, 15) is 0 Å². The van der Waals surface area contributed by atoms with Gasteiger partial charge in [-0.2, -0.15) is 23.4 Å². The number of hydrogen-bond acceptors (Lipinski definition) is 1. The van der Waals surface area contributed by atoms with E-state index in [-0.39, 0.29) is 130 Å². The van der Waals surface area contributed by atoms with E-state index in [0.717, 1.165) is 0 Å². The molecule has 0 rings (SSSR count). The molecule has 0 radical (unpaired) electrons. The van der Waals surface area contributed by atoms with Gasteiger partial charge in [0.25, 0.3) is 0 Å². The van der Waals surface area contributed by atoms with E-state index >= 15 is 0 Å². The first-order chi connectivity index (χ1) is 0. The second kappa shape index (κ2) is 51.2. The first-order valence-corrected chi connectivity index (χ1v) is 0. The zero-order valence-electron chi connectivity index (χ0n) is 3.76. The van der Waals surface area contributed by atoms with Crippen LogP contribution in [-0.2, 0) is 40.5 Å². The van der Waals surface area contributed by atoms with Crippen molar-refractivity contribution < 1.29 is 0 Å². The average molecular weight is 330 g/mol. The van der Waals surface area contributed by atoms with Crippen molar-refractivity contribution in [2.75, 3.05) is 0 Å². The minimum atomic E-state index is 0. The van der Waals surface area contributed by atoms with E-state index in [1.807, 2.05) is 0 Å². The topological polar surface area (TPSA) is 0 Å². The van der Waals surface area contributed by atoms with Gasteiger partial charge in [0.15, 0.2) is 0 Å². The van der Waals surface area contributed by atoms with Crippen LogP contribution in [0.1, 0.15) is 0 Å². The summed E-state index contributed by atoms with van der Waals surface area (Å²) in [6.07, 6.45) is 0. The Hall–Kier alpha value is 3.93. The van der Waals surface area contributed by atoms with Crippen molar-refractivity contribution in [3.63, 3.8) is 0 Å². The van der Waals surface area contributed by atoms with Gasteiger partial charge in [0, 0.05) is 0 Å². The molecular weight excluding hydrogens is 324 g/mol. The summed E-state index contributed by atoms with van der Waals surface area (Å²) in [6.45, 7) is 0. The van der Waals surface area contributed by atoms with Gasteiger partial charge in [-0.15, -0.1) is 0 Å². The Labute approximate surface area is 127 Å². The summed E-state index contributed by atoms with van der Waals surface area (Å²) in [4.78, 5) is 0. The molecule has 7 heavy (non-hydrogen) atoms. The quantitative estimate of drug-likeness (QED) is 0.241. The average Bonchev–Trinajstić information content (AvgIpc) is 0. The van der Waals surface area contributed by atoms with E-state index in [4.69, 9.17) is 0 Å². The number of rotatable bonds is 0. The van der Waals surface area contributed by atoms with Crippen LogP contribution >= 0.6 is 23.4 Å². The Morgan fingerprint density at radius 1 is 0.857 bits per heavy atom. The fourth-order valence-electron chi connectivity index (χ4n) is 0. The number of thiol groups is 1. The smallest absolute Gasteiger partial charge is 2.00 e. The Balaban J connectivity index is 0. The van der Waals surface area contributed by atoms with Crippen molar-refractivity contribution in [3.8, 4) is 0 Å². The molecule has 0 aromatic carbocycles. The standard InChI is InChI=1S/Al.Ba.H3P.2H2S.2S/h;;1H3;2*1H2;;/q+3;+2;;;;2*-2/p-1. The molecule has 0 nitrogen and oxygen atoms in total. The van der Waals surface area contributed by atoms with Crippen LogP contribution in [0.2, 0.25) is 0 Å². The summed E-state index contributed by atoms with van der Waals surface area (Å²) in [5.74, 6) is 0. The minimum Gasteiger partial charge on any atom is -2.00 e. The summed E-state index contributed by atoms with van der Waals surface area (Å²) < 4.78 is 0. The summed E-state index contributed by atoms with van der Waals surface area (Å²) in [7, 11) is 0. The van der Waals surface area contributed by atoms with Gasteiger partial charge in [0.05, 0.1) is 0 Å². The molecule has 0 aliphatic carbocycles. The van der Waals surface area contributed by atoms with Crippen molar-refractivity contribution in [3.05, 3.63) is 0 Å². The molecule has 0 aliphatic heterocycles. The monoisotopic (exact) mass is 330 g/mol. The molecule has 0 bridgehead atoms. The van der Waals surface area contributed by atoms with Crippen LogP contribution < -0.4 is 0 Å². The van der Waals surface area contributed by atoms with Crippen LogP contribution in [0.25, 0.3) is 0 Å². The van der Waals surface area contributed by atoms with E-state index in [1.165, 1.54) is 0 Å². The first kappa shape index (κ1) is 69.7. The third-order valence-electron chi connectivity index (χ3n) is 0. The molecule has 0 amide bonds. The van der Waals surface area contributed by atoms with Crippen molar-refractivity contribution in [1.29, 1.82) is 0 Å². The van der Waals surface area contributed by atoms with Crippen molar-refractivity contribution in [1.82, 2.24) is 0 Å². The molecule has 0 aromatic heterocycles. The fourth-order valence-corrected chi connectivity index (χ4v) is 0. The Morgan fingerprint density at radius 3 is 0.857 bits per heavy atom. The van der Waals surface area contributed by atoms with Crippen molar-refractivity contribution in [2.24, 2.45) is 0 Å². The maximum absolute atomic E-state index is 0. The predicted octanol–water partition coefficient (Wildman–Crippen LogP) is -0.866. The molecule has 0 saturated carbocycles. The maximum atomic E-state index is 0. The molecule has 0 aliphatic rings. The zero-order valence-corrected chi connectivity index (χ0v) is 14.3. The molecule has 7 heteroatoms. The number of hydrogen-bond donors (Lipinski definition) is 0. The normalized spacial score (nSPS) is 0. The minimum absolute atomic E-state index is 0. The molecule has 0 aromatic rings. The van der Waals surface area contributed by atoms with Crippen LogP contribution in [0.15, 0.2) is 0 Å².